The molecular formula is C15H15N3O3S. The number of hydrogen-bond acceptors (Lipinski definition) is 6. The molecule has 4 rings (SSSR count). The monoisotopic (exact) mass is 317 g/mol. The number of anilines is 2. The van der Waals surface area contributed by atoms with Crippen LogP contribution in [0.2, 0.25) is 0 Å². The fraction of sp³-hybridized carbons (Fsp3) is 0.400. The maximum atomic E-state index is 12.2. The zero-order valence-corrected chi connectivity index (χ0v) is 12.9. The van der Waals surface area contributed by atoms with Crippen molar-refractivity contribution in [2.75, 3.05) is 36.5 Å². The zero-order chi connectivity index (χ0) is 15.3. The number of rotatable bonds is 2. The van der Waals surface area contributed by atoms with E-state index in [1.165, 1.54) is 12.0 Å². The maximum Gasteiger partial charge on any atom is 0.311 e. The van der Waals surface area contributed by atoms with E-state index in [9.17, 15) is 9.59 Å². The van der Waals surface area contributed by atoms with E-state index < -0.39 is 0 Å². The highest BCUT2D eigenvalue weighted by atomic mass is 32.2. The molecule has 1 saturated heterocycles. The maximum absolute atomic E-state index is 12.2. The molecule has 0 bridgehead atoms. The Morgan fingerprint density at radius 2 is 2.27 bits per heavy atom. The van der Waals surface area contributed by atoms with E-state index >= 15 is 0 Å². The van der Waals surface area contributed by atoms with Gasteiger partial charge in [0.2, 0.25) is 5.91 Å². The molecule has 1 aromatic rings. The Kier molecular flexibility index (Phi) is 3.11. The third kappa shape index (κ3) is 1.99. The molecule has 22 heavy (non-hydrogen) atoms. The summed E-state index contributed by atoms with van der Waals surface area (Å²) in [6, 6.07) is 5.98. The average molecular weight is 317 g/mol. The fourth-order valence-corrected chi connectivity index (χ4v) is 4.15. The van der Waals surface area contributed by atoms with Gasteiger partial charge in [-0.3, -0.25) is 14.6 Å². The van der Waals surface area contributed by atoms with Crippen LogP contribution in [-0.4, -0.2) is 43.8 Å². The number of nitrogens with zero attached hydrogens (tertiary/aromatic N) is 3. The molecule has 1 unspecified atom stereocenters. The lowest BCUT2D eigenvalue weighted by atomic mass is 10.1. The summed E-state index contributed by atoms with van der Waals surface area (Å²) in [6.45, 7) is 2.09. The average Bonchev–Trinajstić information content (AvgIpc) is 3.20. The van der Waals surface area contributed by atoms with Crippen LogP contribution in [0.1, 0.15) is 6.42 Å². The van der Waals surface area contributed by atoms with Gasteiger partial charge >= 0.3 is 5.97 Å². The number of amidine groups is 1. The Labute approximate surface area is 132 Å². The van der Waals surface area contributed by atoms with Crippen molar-refractivity contribution in [3.05, 3.63) is 18.2 Å². The van der Waals surface area contributed by atoms with Crippen LogP contribution >= 0.6 is 11.8 Å². The van der Waals surface area contributed by atoms with E-state index in [2.05, 4.69) is 9.89 Å². The Hall–Kier alpha value is -2.02. The van der Waals surface area contributed by atoms with Crippen molar-refractivity contribution in [1.29, 1.82) is 0 Å². The van der Waals surface area contributed by atoms with Crippen molar-refractivity contribution in [1.82, 2.24) is 0 Å². The van der Waals surface area contributed by atoms with Crippen molar-refractivity contribution in [2.45, 2.75) is 11.3 Å². The third-order valence-electron chi connectivity index (χ3n) is 4.21. The van der Waals surface area contributed by atoms with E-state index in [-0.39, 0.29) is 24.2 Å². The van der Waals surface area contributed by atoms with Gasteiger partial charge in [-0.05, 0) is 30.0 Å². The minimum absolute atomic E-state index is 0.0312. The summed E-state index contributed by atoms with van der Waals surface area (Å²) in [6.07, 6.45) is 0.217. The number of fused-ring (bicyclic) bond motifs is 3. The smallest absolute Gasteiger partial charge is 0.311 e. The summed E-state index contributed by atoms with van der Waals surface area (Å²) in [5, 5.41) is 1.03. The van der Waals surface area contributed by atoms with E-state index in [4.69, 9.17) is 4.74 Å². The molecule has 1 amide bonds. The molecule has 114 valence electrons. The van der Waals surface area contributed by atoms with Gasteiger partial charge in [0.15, 0.2) is 5.17 Å². The molecule has 1 atom stereocenters. The molecule has 6 nitrogen and oxygen atoms in total. The quantitative estimate of drug-likeness (QED) is 0.774. The van der Waals surface area contributed by atoms with Crippen molar-refractivity contribution in [3.63, 3.8) is 0 Å². The van der Waals surface area contributed by atoms with E-state index in [1.807, 2.05) is 18.2 Å². The van der Waals surface area contributed by atoms with Crippen molar-refractivity contribution >= 4 is 40.2 Å². The molecule has 7 heteroatoms. The molecule has 3 aliphatic rings. The Bertz CT molecular complexity index is 703. The van der Waals surface area contributed by atoms with Gasteiger partial charge in [-0.1, -0.05) is 0 Å². The minimum Gasteiger partial charge on any atom is -0.469 e. The fourth-order valence-electron chi connectivity index (χ4n) is 3.09. The molecule has 1 aromatic carbocycles. The Morgan fingerprint density at radius 1 is 1.41 bits per heavy atom. The number of amides is 1. The second kappa shape index (κ2) is 5.01. The number of methoxy groups -OCH3 is 1. The number of thioether (sulfide) groups is 1. The highest BCUT2D eigenvalue weighted by Crippen LogP contribution is 2.44. The molecular weight excluding hydrogens is 302 g/mol. The molecule has 3 aliphatic heterocycles. The van der Waals surface area contributed by atoms with Gasteiger partial charge in [-0.2, -0.15) is 0 Å². The molecule has 0 aliphatic carbocycles. The van der Waals surface area contributed by atoms with Crippen LogP contribution in [0.25, 0.3) is 0 Å². The van der Waals surface area contributed by atoms with Crippen LogP contribution in [0, 0.1) is 5.92 Å². The van der Waals surface area contributed by atoms with Gasteiger partial charge in [0.05, 0.1) is 25.3 Å². The summed E-state index contributed by atoms with van der Waals surface area (Å²) >= 11 is 1.67. The van der Waals surface area contributed by atoms with Gasteiger partial charge in [-0.25, -0.2) is 0 Å². The normalized spacial score (nSPS) is 22.7. The molecule has 0 N–H and O–H groups in total. The van der Waals surface area contributed by atoms with E-state index in [0.29, 0.717) is 6.54 Å². The minimum atomic E-state index is -0.371. The predicted octanol–water partition coefficient (Wildman–Crippen LogP) is 1.49. The molecule has 0 spiro atoms. The largest absolute Gasteiger partial charge is 0.469 e. The van der Waals surface area contributed by atoms with E-state index in [1.54, 1.807) is 16.7 Å². The summed E-state index contributed by atoms with van der Waals surface area (Å²) < 4.78 is 4.75. The summed E-state index contributed by atoms with van der Waals surface area (Å²) in [5.41, 5.74) is 1.94. The summed E-state index contributed by atoms with van der Waals surface area (Å²) in [4.78, 5) is 33.3. The van der Waals surface area contributed by atoms with Crippen molar-refractivity contribution < 1.29 is 14.3 Å². The van der Waals surface area contributed by atoms with Gasteiger partial charge in [-0.15, -0.1) is 0 Å². The number of aliphatic imine (C=N–C) groups is 1. The van der Waals surface area contributed by atoms with Crippen molar-refractivity contribution in [3.8, 4) is 0 Å². The Morgan fingerprint density at radius 3 is 3.09 bits per heavy atom. The number of hydrogen-bond donors (Lipinski definition) is 0. The highest BCUT2D eigenvalue weighted by molar-refractivity contribution is 8.14. The predicted molar refractivity (Wildman–Crippen MR) is 84.4 cm³/mol. The van der Waals surface area contributed by atoms with Crippen LogP contribution in [0.4, 0.5) is 11.4 Å². The van der Waals surface area contributed by atoms with Crippen LogP contribution in [-0.2, 0) is 14.3 Å². The number of ether oxygens (including phenoxy) is 1. The first-order valence-electron chi connectivity index (χ1n) is 7.19. The first-order valence-corrected chi connectivity index (χ1v) is 8.01. The van der Waals surface area contributed by atoms with Crippen LogP contribution < -0.4 is 9.80 Å². The molecule has 3 heterocycles. The summed E-state index contributed by atoms with van der Waals surface area (Å²) in [7, 11) is 1.36. The standard InChI is InChI=1S/C15H15N3O3S/c1-21-14(20)9-6-13(19)18(8-9)10-2-3-12-11(7-10)17-5-4-16-15(17)22-12/h2-3,7,9H,4-6,8H2,1H3. The SMILES string of the molecule is COC(=O)C1CC(=O)N(c2ccc3c(c2)N2CCN=C2S3)C1. The number of esters is 1. The molecule has 0 saturated carbocycles. The number of benzene rings is 1. The lowest BCUT2D eigenvalue weighted by Gasteiger charge is -2.19. The van der Waals surface area contributed by atoms with Gasteiger partial charge in [0.25, 0.3) is 0 Å². The number of carbonyl (C=O) groups excluding carboxylic acids is 2. The van der Waals surface area contributed by atoms with Crippen LogP contribution in [0.15, 0.2) is 28.1 Å². The lowest BCUT2D eigenvalue weighted by Crippen LogP contribution is -2.26. The third-order valence-corrected chi connectivity index (χ3v) is 5.30. The van der Waals surface area contributed by atoms with Crippen molar-refractivity contribution in [2.24, 2.45) is 10.9 Å². The molecule has 1 fully saturated rings. The van der Waals surface area contributed by atoms with Gasteiger partial charge in [0, 0.05) is 30.1 Å². The topological polar surface area (TPSA) is 62.2 Å². The lowest BCUT2D eigenvalue weighted by molar-refractivity contribution is -0.145. The molecule has 0 radical (unpaired) electrons. The highest BCUT2D eigenvalue weighted by Gasteiger charge is 2.37. The van der Waals surface area contributed by atoms with E-state index in [0.717, 1.165) is 29.6 Å². The first-order chi connectivity index (χ1) is 10.7. The zero-order valence-electron chi connectivity index (χ0n) is 12.1. The van der Waals surface area contributed by atoms with Crippen LogP contribution in [0.3, 0.4) is 0 Å². The van der Waals surface area contributed by atoms with Crippen LogP contribution in [0.5, 0.6) is 0 Å². The second-order valence-electron chi connectivity index (χ2n) is 5.50. The summed E-state index contributed by atoms with van der Waals surface area (Å²) in [5.74, 6) is -0.720. The molecule has 0 aromatic heterocycles. The number of carbonyl (C=O) groups is 2. The Balaban J connectivity index is 1.62. The van der Waals surface area contributed by atoms with Gasteiger partial charge < -0.3 is 14.5 Å². The van der Waals surface area contributed by atoms with Gasteiger partial charge in [0.1, 0.15) is 0 Å². The first kappa shape index (κ1) is 13.6. The second-order valence-corrected chi connectivity index (χ2v) is 6.51.